The number of furan rings is 1. The smallest absolute Gasteiger partial charge is 0.225 e. The molecule has 1 N–H and O–H groups in total. The van der Waals surface area contributed by atoms with E-state index in [2.05, 4.69) is 21.4 Å². The fraction of sp³-hybridized carbons (Fsp3) is 0.231. The largest absolute Gasteiger partial charge is 0.469 e. The van der Waals surface area contributed by atoms with Crippen LogP contribution in [0.3, 0.4) is 0 Å². The first-order valence-corrected chi connectivity index (χ1v) is 7.12. The van der Waals surface area contributed by atoms with E-state index < -0.39 is 0 Å². The summed E-state index contributed by atoms with van der Waals surface area (Å²) in [5, 5.41) is 4.58. The topological polar surface area (TPSA) is 51.0 Å². The maximum absolute atomic E-state index is 5.94. The molecule has 98 valence electrons. The van der Waals surface area contributed by atoms with Crippen molar-refractivity contribution < 1.29 is 4.42 Å². The summed E-state index contributed by atoms with van der Waals surface area (Å²) in [6.45, 7) is 2.79. The number of thiophene rings is 1. The number of rotatable bonds is 4. The minimum absolute atomic E-state index is 0.273. The molecule has 19 heavy (non-hydrogen) atoms. The van der Waals surface area contributed by atoms with Crippen LogP contribution in [0, 0.1) is 6.92 Å². The van der Waals surface area contributed by atoms with E-state index in [0.717, 1.165) is 34.8 Å². The van der Waals surface area contributed by atoms with E-state index >= 15 is 0 Å². The van der Waals surface area contributed by atoms with Gasteiger partial charge < -0.3 is 9.73 Å². The summed E-state index contributed by atoms with van der Waals surface area (Å²) >= 11 is 7.56. The Labute approximate surface area is 119 Å². The third kappa shape index (κ3) is 2.72. The molecule has 3 aromatic heterocycles. The molecule has 0 unspecified atom stereocenters. The van der Waals surface area contributed by atoms with E-state index in [1.807, 2.05) is 19.1 Å². The number of anilines is 1. The van der Waals surface area contributed by atoms with Crippen molar-refractivity contribution in [3.05, 3.63) is 40.4 Å². The lowest BCUT2D eigenvalue weighted by atomic mass is 10.3. The first-order chi connectivity index (χ1) is 9.22. The van der Waals surface area contributed by atoms with Crippen LogP contribution in [0.15, 0.2) is 28.9 Å². The number of aryl methyl sites for hydroxylation is 1. The second-order valence-corrected chi connectivity index (χ2v) is 5.75. The van der Waals surface area contributed by atoms with Gasteiger partial charge in [0.1, 0.15) is 16.4 Å². The molecule has 0 aromatic carbocycles. The molecule has 0 aliphatic rings. The Morgan fingerprint density at radius 1 is 1.42 bits per heavy atom. The van der Waals surface area contributed by atoms with Crippen molar-refractivity contribution in [3.63, 3.8) is 0 Å². The van der Waals surface area contributed by atoms with Gasteiger partial charge in [-0.1, -0.05) is 0 Å². The zero-order valence-electron chi connectivity index (χ0n) is 10.3. The van der Waals surface area contributed by atoms with Gasteiger partial charge in [-0.15, -0.1) is 11.3 Å². The molecule has 0 saturated heterocycles. The van der Waals surface area contributed by atoms with Gasteiger partial charge in [0, 0.05) is 17.8 Å². The van der Waals surface area contributed by atoms with E-state index in [9.17, 15) is 0 Å². The number of halogens is 1. The molecule has 0 radical (unpaired) electrons. The molecule has 0 fully saturated rings. The molecule has 3 heterocycles. The van der Waals surface area contributed by atoms with E-state index in [-0.39, 0.29) is 5.28 Å². The third-order valence-corrected chi connectivity index (χ3v) is 3.85. The Balaban J connectivity index is 1.79. The summed E-state index contributed by atoms with van der Waals surface area (Å²) in [5.74, 6) is 1.73. The van der Waals surface area contributed by atoms with Gasteiger partial charge in [0.25, 0.3) is 0 Å². The monoisotopic (exact) mass is 293 g/mol. The van der Waals surface area contributed by atoms with Gasteiger partial charge in [-0.3, -0.25) is 0 Å². The highest BCUT2D eigenvalue weighted by molar-refractivity contribution is 7.18. The highest BCUT2D eigenvalue weighted by Crippen LogP contribution is 2.29. The van der Waals surface area contributed by atoms with Gasteiger partial charge in [0.15, 0.2) is 0 Å². The van der Waals surface area contributed by atoms with Gasteiger partial charge >= 0.3 is 0 Å². The molecular formula is C13H12ClN3OS. The summed E-state index contributed by atoms with van der Waals surface area (Å²) < 4.78 is 5.29. The SMILES string of the molecule is Cc1cc2c(NCCc3ccco3)nc(Cl)nc2s1. The number of nitrogens with one attached hydrogen (secondary N) is 1. The van der Waals surface area contributed by atoms with Gasteiger partial charge in [-0.25, -0.2) is 9.97 Å². The Morgan fingerprint density at radius 3 is 3.11 bits per heavy atom. The Morgan fingerprint density at radius 2 is 2.32 bits per heavy atom. The molecule has 0 aliphatic carbocycles. The van der Waals surface area contributed by atoms with Crippen LogP contribution in [0.25, 0.3) is 10.2 Å². The van der Waals surface area contributed by atoms with Gasteiger partial charge in [-0.05, 0) is 36.7 Å². The first-order valence-electron chi connectivity index (χ1n) is 5.92. The Kier molecular flexibility index (Phi) is 3.40. The highest BCUT2D eigenvalue weighted by atomic mass is 35.5. The molecule has 0 atom stereocenters. The van der Waals surface area contributed by atoms with E-state index in [4.69, 9.17) is 16.0 Å². The fourth-order valence-corrected chi connectivity index (χ4v) is 3.01. The van der Waals surface area contributed by atoms with E-state index in [1.54, 1.807) is 17.6 Å². The lowest BCUT2D eigenvalue weighted by Gasteiger charge is -2.05. The first kappa shape index (κ1) is 12.4. The molecular weight excluding hydrogens is 282 g/mol. The summed E-state index contributed by atoms with van der Waals surface area (Å²) in [6.07, 6.45) is 2.48. The standard InChI is InChI=1S/C13H12ClN3OS/c1-8-7-10-11(16-13(14)17-12(10)19-8)15-5-4-9-3-2-6-18-9/h2-3,6-7H,4-5H2,1H3,(H,15,16,17). The number of hydrogen-bond acceptors (Lipinski definition) is 5. The van der Waals surface area contributed by atoms with Gasteiger partial charge in [-0.2, -0.15) is 0 Å². The predicted molar refractivity (Wildman–Crippen MR) is 78.1 cm³/mol. The minimum Gasteiger partial charge on any atom is -0.469 e. The molecule has 0 saturated carbocycles. The van der Waals surface area contributed by atoms with Crippen molar-refractivity contribution in [3.8, 4) is 0 Å². The van der Waals surface area contributed by atoms with E-state index in [0.29, 0.717) is 0 Å². The average Bonchev–Trinajstić information content (AvgIpc) is 2.97. The van der Waals surface area contributed by atoms with Crippen LogP contribution in [-0.4, -0.2) is 16.5 Å². The van der Waals surface area contributed by atoms with Crippen LogP contribution in [-0.2, 0) is 6.42 Å². The number of fused-ring (bicyclic) bond motifs is 1. The van der Waals surface area contributed by atoms with Crippen molar-refractivity contribution in [2.45, 2.75) is 13.3 Å². The molecule has 0 aliphatic heterocycles. The summed E-state index contributed by atoms with van der Waals surface area (Å²) in [6, 6.07) is 5.92. The maximum atomic E-state index is 5.94. The lowest BCUT2D eigenvalue weighted by Crippen LogP contribution is -2.06. The number of aromatic nitrogens is 2. The summed E-state index contributed by atoms with van der Waals surface area (Å²) in [7, 11) is 0. The summed E-state index contributed by atoms with van der Waals surface area (Å²) in [4.78, 5) is 10.6. The minimum atomic E-state index is 0.273. The third-order valence-electron chi connectivity index (χ3n) is 2.73. The zero-order valence-corrected chi connectivity index (χ0v) is 11.9. The maximum Gasteiger partial charge on any atom is 0.225 e. The Bertz CT molecular complexity index is 693. The van der Waals surface area contributed by atoms with Crippen LogP contribution in [0.2, 0.25) is 5.28 Å². The van der Waals surface area contributed by atoms with Crippen molar-refractivity contribution in [1.29, 1.82) is 0 Å². The Hall–Kier alpha value is -1.59. The molecule has 3 aromatic rings. The molecule has 0 spiro atoms. The second kappa shape index (κ2) is 5.19. The predicted octanol–water partition coefficient (Wildman–Crippen LogP) is 3.90. The van der Waals surface area contributed by atoms with Crippen LogP contribution < -0.4 is 5.32 Å². The highest BCUT2D eigenvalue weighted by Gasteiger charge is 2.09. The van der Waals surface area contributed by atoms with Crippen molar-refractivity contribution >= 4 is 39.0 Å². The van der Waals surface area contributed by atoms with Crippen molar-refractivity contribution in [2.75, 3.05) is 11.9 Å². The van der Waals surface area contributed by atoms with Gasteiger partial charge in [0.2, 0.25) is 5.28 Å². The fourth-order valence-electron chi connectivity index (χ4n) is 1.91. The van der Waals surface area contributed by atoms with Crippen LogP contribution in [0.5, 0.6) is 0 Å². The number of nitrogens with zero attached hydrogens (tertiary/aromatic N) is 2. The second-order valence-electron chi connectivity index (χ2n) is 4.17. The molecule has 0 amide bonds. The average molecular weight is 294 g/mol. The molecule has 0 bridgehead atoms. The normalized spacial score (nSPS) is 11.1. The van der Waals surface area contributed by atoms with Crippen LogP contribution in [0.4, 0.5) is 5.82 Å². The zero-order chi connectivity index (χ0) is 13.2. The molecule has 4 nitrogen and oxygen atoms in total. The van der Waals surface area contributed by atoms with Crippen molar-refractivity contribution in [1.82, 2.24) is 9.97 Å². The summed E-state index contributed by atoms with van der Waals surface area (Å²) in [5.41, 5.74) is 0. The quantitative estimate of drug-likeness (QED) is 0.741. The lowest BCUT2D eigenvalue weighted by molar-refractivity contribution is 0.513. The molecule has 3 rings (SSSR count). The number of hydrogen-bond donors (Lipinski definition) is 1. The van der Waals surface area contributed by atoms with Gasteiger partial charge in [0.05, 0.1) is 11.6 Å². The van der Waals surface area contributed by atoms with Crippen LogP contribution >= 0.6 is 22.9 Å². The molecule has 6 heteroatoms. The van der Waals surface area contributed by atoms with Crippen LogP contribution in [0.1, 0.15) is 10.6 Å². The van der Waals surface area contributed by atoms with Crippen molar-refractivity contribution in [2.24, 2.45) is 0 Å². The van der Waals surface area contributed by atoms with E-state index in [1.165, 1.54) is 4.88 Å².